The monoisotopic (exact) mass is 602 g/mol. The molecule has 212 valence electrons. The molecule has 2 heterocycles. The molecule has 4 aromatic rings. The summed E-state index contributed by atoms with van der Waals surface area (Å²) < 4.78 is 0. The SMILES string of the molecule is CC[Si](O)(CC)CC.CC[Si](O)(CC)CC.Oc1cccc2cccnc12.Oc1cccc2cccnc12.[Ti]. The topological polar surface area (TPSA) is 107 Å². The van der Waals surface area contributed by atoms with E-state index < -0.39 is 16.6 Å². The molecule has 0 unspecified atom stereocenters. The summed E-state index contributed by atoms with van der Waals surface area (Å²) in [6, 6.07) is 24.3. The molecule has 0 atom stereocenters. The van der Waals surface area contributed by atoms with Crippen LogP contribution >= 0.6 is 0 Å². The fourth-order valence-corrected chi connectivity index (χ4v) is 6.68. The van der Waals surface area contributed by atoms with Gasteiger partial charge >= 0.3 is 0 Å². The molecule has 39 heavy (non-hydrogen) atoms. The molecule has 0 aliphatic rings. The molecule has 4 N–H and O–H groups in total. The maximum absolute atomic E-state index is 9.58. The van der Waals surface area contributed by atoms with Crippen LogP contribution in [0.3, 0.4) is 0 Å². The molecule has 9 heteroatoms. The average molecular weight is 603 g/mol. The van der Waals surface area contributed by atoms with E-state index in [0.29, 0.717) is 11.0 Å². The molecule has 0 aliphatic heterocycles. The van der Waals surface area contributed by atoms with E-state index in [1.165, 1.54) is 0 Å². The molecule has 0 bridgehead atoms. The van der Waals surface area contributed by atoms with Gasteiger partial charge in [0.25, 0.3) is 0 Å². The van der Waals surface area contributed by atoms with Gasteiger partial charge < -0.3 is 19.8 Å². The zero-order valence-electron chi connectivity index (χ0n) is 24.4. The number of aromatic nitrogens is 2. The van der Waals surface area contributed by atoms with E-state index in [4.69, 9.17) is 0 Å². The van der Waals surface area contributed by atoms with Crippen molar-refractivity contribution < 1.29 is 41.5 Å². The van der Waals surface area contributed by atoms with Gasteiger partial charge in [-0.25, -0.2) is 0 Å². The first kappa shape index (κ1) is 36.9. The molecular formula is C30H46N2O4Si2Ti. The summed E-state index contributed by atoms with van der Waals surface area (Å²) in [6.45, 7) is 12.5. The predicted octanol–water partition coefficient (Wildman–Crippen LogP) is 7.85. The maximum atomic E-state index is 9.58. The molecule has 0 saturated carbocycles. The first-order valence-electron chi connectivity index (χ1n) is 13.6. The fraction of sp³-hybridized carbons (Fsp3) is 0.400. The third kappa shape index (κ3) is 12.3. The second kappa shape index (κ2) is 19.1. The van der Waals surface area contributed by atoms with Gasteiger partial charge in [0.1, 0.15) is 22.5 Å². The van der Waals surface area contributed by atoms with Crippen LogP contribution in [0.1, 0.15) is 41.5 Å². The van der Waals surface area contributed by atoms with Crippen LogP contribution in [-0.4, -0.2) is 46.4 Å². The summed E-state index contributed by atoms with van der Waals surface area (Å²) in [5.41, 5.74) is 1.32. The van der Waals surface area contributed by atoms with E-state index in [9.17, 15) is 19.8 Å². The van der Waals surface area contributed by atoms with Crippen molar-refractivity contribution in [3.63, 3.8) is 0 Å². The van der Waals surface area contributed by atoms with Crippen LogP contribution < -0.4 is 0 Å². The van der Waals surface area contributed by atoms with Crippen molar-refractivity contribution in [2.45, 2.75) is 77.8 Å². The quantitative estimate of drug-likeness (QED) is 0.168. The van der Waals surface area contributed by atoms with Crippen LogP contribution in [0.15, 0.2) is 73.1 Å². The van der Waals surface area contributed by atoms with Crippen molar-refractivity contribution in [1.29, 1.82) is 0 Å². The number of hydrogen-bond acceptors (Lipinski definition) is 6. The molecule has 2 aromatic heterocycles. The molecule has 6 nitrogen and oxygen atoms in total. The van der Waals surface area contributed by atoms with Crippen LogP contribution in [0.5, 0.6) is 11.5 Å². The summed E-state index contributed by atoms with van der Waals surface area (Å²) in [5, 5.41) is 20.5. The number of benzene rings is 2. The fourth-order valence-electron chi connectivity index (χ4n) is 3.68. The molecular weight excluding hydrogens is 556 g/mol. The van der Waals surface area contributed by atoms with Gasteiger partial charge in [-0.1, -0.05) is 77.9 Å². The second-order valence-electron chi connectivity index (χ2n) is 9.27. The summed E-state index contributed by atoms with van der Waals surface area (Å²) in [7, 11) is -3.34. The number of pyridine rings is 2. The Labute approximate surface area is 251 Å². The maximum Gasteiger partial charge on any atom is 0.187 e. The normalized spacial score (nSPS) is 10.7. The van der Waals surface area contributed by atoms with Crippen LogP contribution in [0, 0.1) is 0 Å². The second-order valence-corrected chi connectivity index (χ2v) is 18.4. The Morgan fingerprint density at radius 3 is 1.03 bits per heavy atom. The number of aromatic hydroxyl groups is 2. The van der Waals surface area contributed by atoms with Gasteiger partial charge in [0.05, 0.1) is 0 Å². The zero-order chi connectivity index (χ0) is 28.6. The Hall–Kier alpha value is -2.07. The van der Waals surface area contributed by atoms with Crippen LogP contribution in [0.4, 0.5) is 0 Å². The van der Waals surface area contributed by atoms with Gasteiger partial charge in [-0.05, 0) is 60.5 Å². The third-order valence-electron chi connectivity index (χ3n) is 7.17. The first-order chi connectivity index (χ1) is 18.1. The Bertz CT molecular complexity index is 1100. The predicted molar refractivity (Wildman–Crippen MR) is 166 cm³/mol. The van der Waals surface area contributed by atoms with Crippen molar-refractivity contribution in [2.75, 3.05) is 0 Å². The summed E-state index contributed by atoms with van der Waals surface area (Å²) in [4.78, 5) is 27.2. The number of para-hydroxylation sites is 2. The summed E-state index contributed by atoms with van der Waals surface area (Å²) >= 11 is 0. The van der Waals surface area contributed by atoms with Gasteiger partial charge in [0, 0.05) is 44.9 Å². The van der Waals surface area contributed by atoms with Crippen LogP contribution in [0.25, 0.3) is 21.8 Å². The zero-order valence-corrected chi connectivity index (χ0v) is 27.9. The summed E-state index contributed by atoms with van der Waals surface area (Å²) in [5.74, 6) is 0.478. The number of hydrogen-bond donors (Lipinski definition) is 4. The average Bonchev–Trinajstić information content (AvgIpc) is 2.98. The minimum absolute atomic E-state index is 0. The van der Waals surface area contributed by atoms with Crippen molar-refractivity contribution in [3.8, 4) is 11.5 Å². The summed E-state index contributed by atoms with van der Waals surface area (Å²) in [6.07, 6.45) is 3.34. The van der Waals surface area contributed by atoms with Gasteiger partial charge in [0.15, 0.2) is 16.6 Å². The van der Waals surface area contributed by atoms with Crippen molar-refractivity contribution in [2.24, 2.45) is 0 Å². The van der Waals surface area contributed by atoms with Gasteiger partial charge in [0.2, 0.25) is 0 Å². The number of rotatable bonds is 6. The molecule has 0 saturated heterocycles. The standard InChI is InChI=1S/2C9H7NO.2C6H16OSi.Ti/c2*11-8-5-1-3-7-4-2-6-10-9(7)8;2*1-4-8(7,5-2)6-3;/h2*1-6,11H;2*7H,4-6H2,1-3H3;. The third-order valence-corrected chi connectivity index (χ3v) is 15.1. The van der Waals surface area contributed by atoms with Crippen LogP contribution in [-0.2, 0) is 21.7 Å². The van der Waals surface area contributed by atoms with E-state index in [0.717, 1.165) is 47.0 Å². The Kier molecular flexibility index (Phi) is 18.1. The largest absolute Gasteiger partial charge is 0.506 e. The van der Waals surface area contributed by atoms with E-state index in [1.807, 2.05) is 36.4 Å². The van der Waals surface area contributed by atoms with Gasteiger partial charge in [-0.2, -0.15) is 0 Å². The molecule has 0 aliphatic carbocycles. The first-order valence-corrected chi connectivity index (χ1v) is 18.8. The number of phenols is 2. The Morgan fingerprint density at radius 2 is 0.795 bits per heavy atom. The molecule has 0 fully saturated rings. The van der Waals surface area contributed by atoms with Crippen molar-refractivity contribution in [3.05, 3.63) is 73.1 Å². The number of phenolic OH excluding ortho intramolecular Hbond substituents is 2. The molecule has 2 aromatic carbocycles. The van der Waals surface area contributed by atoms with E-state index in [2.05, 4.69) is 51.5 Å². The number of nitrogens with zero attached hydrogens (tertiary/aromatic N) is 2. The molecule has 0 amide bonds. The Balaban J connectivity index is 0.000000497. The Morgan fingerprint density at radius 1 is 0.513 bits per heavy atom. The van der Waals surface area contributed by atoms with Crippen molar-refractivity contribution >= 4 is 38.4 Å². The van der Waals surface area contributed by atoms with Crippen molar-refractivity contribution in [1.82, 2.24) is 9.97 Å². The van der Waals surface area contributed by atoms with Crippen LogP contribution in [0.2, 0.25) is 36.3 Å². The van der Waals surface area contributed by atoms with Gasteiger partial charge in [-0.3, -0.25) is 9.97 Å². The minimum Gasteiger partial charge on any atom is -0.506 e. The molecule has 4 rings (SSSR count). The van der Waals surface area contributed by atoms with E-state index in [-0.39, 0.29) is 33.2 Å². The minimum atomic E-state index is -1.67. The number of fused-ring (bicyclic) bond motifs is 2. The van der Waals surface area contributed by atoms with Gasteiger partial charge in [-0.15, -0.1) is 0 Å². The van der Waals surface area contributed by atoms with E-state index in [1.54, 1.807) is 36.7 Å². The smallest absolute Gasteiger partial charge is 0.187 e. The molecule has 0 spiro atoms. The van der Waals surface area contributed by atoms with E-state index >= 15 is 0 Å². The molecule has 0 radical (unpaired) electrons.